The molecular formula is C16H21N5O7. The number of aromatic hydroxyl groups is 1. The number of nitrogens with zero attached hydrogens (tertiary/aromatic N) is 2. The lowest BCUT2D eigenvalue weighted by atomic mass is 10.1. The van der Waals surface area contributed by atoms with Gasteiger partial charge in [-0.3, -0.25) is 0 Å². The van der Waals surface area contributed by atoms with E-state index >= 15 is 0 Å². The molecule has 2 rings (SSSR count). The van der Waals surface area contributed by atoms with Crippen LogP contribution in [0.4, 0.5) is 4.79 Å². The number of phenols is 1. The number of aliphatic carboxylic acids is 1. The molecule has 1 heterocycles. The van der Waals surface area contributed by atoms with Gasteiger partial charge in [0, 0.05) is 6.42 Å². The second kappa shape index (κ2) is 9.64. The Bertz CT molecular complexity index is 795. The molecule has 0 fully saturated rings. The van der Waals surface area contributed by atoms with E-state index in [1.807, 2.05) is 0 Å². The summed E-state index contributed by atoms with van der Waals surface area (Å²) in [7, 11) is 0. The number of nitrogens with two attached hydrogens (primary N) is 1. The van der Waals surface area contributed by atoms with E-state index in [1.54, 1.807) is 12.1 Å². The fourth-order valence-electron chi connectivity index (χ4n) is 2.23. The maximum atomic E-state index is 12.2. The highest BCUT2D eigenvalue weighted by atomic mass is 16.5. The van der Waals surface area contributed by atoms with Gasteiger partial charge < -0.3 is 41.3 Å². The van der Waals surface area contributed by atoms with Gasteiger partial charge in [0.05, 0.1) is 19.3 Å². The first-order valence-corrected chi connectivity index (χ1v) is 8.22. The second-order valence-electron chi connectivity index (χ2n) is 5.89. The quantitative estimate of drug-likeness (QED) is 0.270. The third-order valence-corrected chi connectivity index (χ3v) is 3.75. The van der Waals surface area contributed by atoms with Crippen LogP contribution in [0.15, 0.2) is 28.8 Å². The number of nitrogens with one attached hydrogen (secondary N) is 2. The Morgan fingerprint density at radius 2 is 1.82 bits per heavy atom. The number of hydrogen-bond acceptors (Lipinski definition) is 9. The van der Waals surface area contributed by atoms with E-state index in [0.717, 1.165) is 0 Å². The number of amides is 2. The normalized spacial score (nSPS) is 14.1. The predicted octanol–water partition coefficient (Wildman–Crippen LogP) is -1.20. The first kappa shape index (κ1) is 21.1. The molecule has 8 N–H and O–H groups in total. The number of rotatable bonds is 9. The molecule has 2 amide bonds. The summed E-state index contributed by atoms with van der Waals surface area (Å²) < 4.78 is 5.12. The molecule has 0 aliphatic rings. The fourth-order valence-corrected chi connectivity index (χ4v) is 2.23. The van der Waals surface area contributed by atoms with E-state index in [9.17, 15) is 14.7 Å². The molecular weight excluding hydrogens is 374 g/mol. The molecule has 0 radical (unpaired) electrons. The van der Waals surface area contributed by atoms with Gasteiger partial charge in [0.2, 0.25) is 5.89 Å². The lowest BCUT2D eigenvalue weighted by molar-refractivity contribution is -0.140. The van der Waals surface area contributed by atoms with Crippen LogP contribution in [-0.2, 0) is 11.2 Å². The van der Waals surface area contributed by atoms with Gasteiger partial charge >= 0.3 is 12.0 Å². The van der Waals surface area contributed by atoms with E-state index in [0.29, 0.717) is 5.56 Å². The maximum Gasteiger partial charge on any atom is 0.328 e. The van der Waals surface area contributed by atoms with E-state index in [-0.39, 0.29) is 23.9 Å². The Balaban J connectivity index is 2.20. The van der Waals surface area contributed by atoms with Crippen molar-refractivity contribution in [3.63, 3.8) is 0 Å². The topological polar surface area (TPSA) is 204 Å². The van der Waals surface area contributed by atoms with Gasteiger partial charge in [-0.25, -0.2) is 9.59 Å². The third kappa shape index (κ3) is 5.64. The zero-order valence-electron chi connectivity index (χ0n) is 14.6. The molecule has 2 aromatic rings. The van der Waals surface area contributed by atoms with Gasteiger partial charge in [-0.2, -0.15) is 4.98 Å². The molecule has 0 aliphatic carbocycles. The lowest BCUT2D eigenvalue weighted by Crippen LogP contribution is -2.49. The highest BCUT2D eigenvalue weighted by Gasteiger charge is 2.26. The number of benzene rings is 1. The average molecular weight is 395 g/mol. The molecule has 12 heteroatoms. The average Bonchev–Trinajstić information content (AvgIpc) is 3.16. The van der Waals surface area contributed by atoms with Crippen LogP contribution in [-0.4, -0.2) is 61.8 Å². The van der Waals surface area contributed by atoms with Crippen LogP contribution < -0.4 is 16.4 Å². The number of aliphatic hydroxyl groups excluding tert-OH is 2. The molecule has 0 spiro atoms. The zero-order valence-corrected chi connectivity index (χ0v) is 14.6. The number of urea groups is 1. The summed E-state index contributed by atoms with van der Waals surface area (Å²) >= 11 is 0. The standard InChI is InChI=1S/C16H21N5O7/c17-10(6-22)13-20-14(28-21-13)11(5-8-1-3-9(24)4-2-8)18-16(27)19-12(7-23)15(25)26/h1-4,10-12,22-24H,5-7,17H2,(H,25,26)(H2,18,19,27)/t10-,11-,12-/m0/s1. The van der Waals surface area contributed by atoms with E-state index in [1.165, 1.54) is 12.1 Å². The monoisotopic (exact) mass is 395 g/mol. The number of hydrogen-bond donors (Lipinski definition) is 7. The Morgan fingerprint density at radius 1 is 1.14 bits per heavy atom. The minimum atomic E-state index is -1.49. The van der Waals surface area contributed by atoms with E-state index < -0.39 is 43.3 Å². The van der Waals surface area contributed by atoms with E-state index in [4.69, 9.17) is 25.6 Å². The van der Waals surface area contributed by atoms with Crippen LogP contribution in [0.1, 0.15) is 29.4 Å². The number of aliphatic hydroxyl groups is 2. The molecule has 28 heavy (non-hydrogen) atoms. The third-order valence-electron chi connectivity index (χ3n) is 3.75. The van der Waals surface area contributed by atoms with Crippen LogP contribution in [0.5, 0.6) is 5.75 Å². The molecule has 0 bridgehead atoms. The highest BCUT2D eigenvalue weighted by molar-refractivity contribution is 5.82. The minimum Gasteiger partial charge on any atom is -0.508 e. The van der Waals surface area contributed by atoms with E-state index in [2.05, 4.69) is 20.8 Å². The number of carboxylic acid groups (broad SMARTS) is 1. The lowest BCUT2D eigenvalue weighted by Gasteiger charge is -2.18. The smallest absolute Gasteiger partial charge is 0.328 e. The van der Waals surface area contributed by atoms with Gasteiger partial charge in [-0.15, -0.1) is 0 Å². The molecule has 0 unspecified atom stereocenters. The highest BCUT2D eigenvalue weighted by Crippen LogP contribution is 2.20. The molecule has 0 saturated heterocycles. The first-order chi connectivity index (χ1) is 13.3. The van der Waals surface area contributed by atoms with Gasteiger partial charge in [0.1, 0.15) is 11.8 Å². The Kier molecular flexibility index (Phi) is 7.26. The van der Waals surface area contributed by atoms with Crippen LogP contribution in [0, 0.1) is 0 Å². The predicted molar refractivity (Wildman–Crippen MR) is 93.0 cm³/mol. The summed E-state index contributed by atoms with van der Waals surface area (Å²) in [5, 5.41) is 44.7. The summed E-state index contributed by atoms with van der Waals surface area (Å²) in [5.74, 6) is -1.32. The molecule has 152 valence electrons. The molecule has 3 atom stereocenters. The van der Waals surface area contributed by atoms with Crippen LogP contribution >= 0.6 is 0 Å². The van der Waals surface area contributed by atoms with Crippen molar-refractivity contribution in [3.05, 3.63) is 41.5 Å². The number of carbonyl (C=O) groups is 2. The summed E-state index contributed by atoms with van der Waals surface area (Å²) in [6.07, 6.45) is 0.167. The van der Waals surface area contributed by atoms with Crippen molar-refractivity contribution < 1.29 is 34.5 Å². The summed E-state index contributed by atoms with van der Waals surface area (Å²) in [4.78, 5) is 27.2. The Labute approximate surface area is 159 Å². The summed E-state index contributed by atoms with van der Waals surface area (Å²) in [6.45, 7) is -1.20. The second-order valence-corrected chi connectivity index (χ2v) is 5.89. The number of carboxylic acids is 1. The van der Waals surface area contributed by atoms with Crippen molar-refractivity contribution in [1.29, 1.82) is 0 Å². The van der Waals surface area contributed by atoms with Gasteiger partial charge in [-0.1, -0.05) is 17.3 Å². The molecule has 1 aromatic carbocycles. The van der Waals surface area contributed by atoms with Crippen molar-refractivity contribution in [2.45, 2.75) is 24.5 Å². The summed E-state index contributed by atoms with van der Waals surface area (Å²) in [6, 6.07) is 2.04. The minimum absolute atomic E-state index is 0.0157. The SMILES string of the molecule is N[C@@H](CO)c1noc([C@H](Cc2ccc(O)cc2)NC(=O)N[C@@H](CO)C(=O)O)n1. The van der Waals surface area contributed by atoms with Crippen molar-refractivity contribution in [2.75, 3.05) is 13.2 Å². The van der Waals surface area contributed by atoms with Gasteiger partial charge in [0.15, 0.2) is 11.9 Å². The Hall–Kier alpha value is -3.22. The van der Waals surface area contributed by atoms with Crippen LogP contribution in [0.3, 0.4) is 0 Å². The molecule has 12 nitrogen and oxygen atoms in total. The molecule has 0 saturated carbocycles. The van der Waals surface area contributed by atoms with Gasteiger partial charge in [0.25, 0.3) is 0 Å². The van der Waals surface area contributed by atoms with Crippen molar-refractivity contribution >= 4 is 12.0 Å². The first-order valence-electron chi connectivity index (χ1n) is 8.22. The Morgan fingerprint density at radius 3 is 2.39 bits per heavy atom. The van der Waals surface area contributed by atoms with Crippen molar-refractivity contribution in [3.8, 4) is 5.75 Å². The van der Waals surface area contributed by atoms with Crippen LogP contribution in [0.2, 0.25) is 0 Å². The van der Waals surface area contributed by atoms with Crippen molar-refractivity contribution in [1.82, 2.24) is 20.8 Å². The van der Waals surface area contributed by atoms with Crippen molar-refractivity contribution in [2.24, 2.45) is 5.73 Å². The van der Waals surface area contributed by atoms with Gasteiger partial charge in [-0.05, 0) is 17.7 Å². The zero-order chi connectivity index (χ0) is 20.7. The largest absolute Gasteiger partial charge is 0.508 e. The maximum absolute atomic E-state index is 12.2. The summed E-state index contributed by atoms with van der Waals surface area (Å²) in [5.41, 5.74) is 6.34. The molecule has 1 aromatic heterocycles. The number of phenolic OH excluding ortho intramolecular Hbond substituents is 1. The fraction of sp³-hybridized carbons (Fsp3) is 0.375. The number of carbonyl (C=O) groups excluding carboxylic acids is 1. The van der Waals surface area contributed by atoms with Crippen LogP contribution in [0.25, 0.3) is 0 Å². The number of aromatic nitrogens is 2. The molecule has 0 aliphatic heterocycles.